The van der Waals surface area contributed by atoms with Crippen molar-refractivity contribution in [3.05, 3.63) is 48.0 Å². The topological polar surface area (TPSA) is 120 Å². The van der Waals surface area contributed by atoms with Gasteiger partial charge in [-0.15, -0.1) is 0 Å². The Kier molecular flexibility index (Phi) is 12.1. The molecule has 0 saturated carbocycles. The van der Waals surface area contributed by atoms with Gasteiger partial charge in [0, 0.05) is 6.54 Å². The first-order chi connectivity index (χ1) is 14.3. The highest BCUT2D eigenvalue weighted by Gasteiger charge is 2.21. The summed E-state index contributed by atoms with van der Waals surface area (Å²) in [6.45, 7) is 4.68. The monoisotopic (exact) mass is 419 g/mol. The fraction of sp³-hybridized carbons (Fsp3) is 0.500. The molecule has 0 fully saturated rings. The molecule has 0 aliphatic heterocycles. The van der Waals surface area contributed by atoms with Crippen LogP contribution in [-0.2, 0) is 30.5 Å². The molecule has 0 spiro atoms. The van der Waals surface area contributed by atoms with Crippen molar-refractivity contribution in [2.24, 2.45) is 11.7 Å². The number of amides is 2. The van der Waals surface area contributed by atoms with Gasteiger partial charge in [0.15, 0.2) is 6.04 Å². The minimum Gasteiger partial charge on any atom is -0.467 e. The molecule has 0 aromatic heterocycles. The van der Waals surface area contributed by atoms with Gasteiger partial charge in [0.1, 0.15) is 0 Å². The zero-order chi connectivity index (χ0) is 22.4. The summed E-state index contributed by atoms with van der Waals surface area (Å²) in [5.74, 6) is -0.899. The molecule has 0 unspecified atom stereocenters. The third-order valence-electron chi connectivity index (χ3n) is 4.14. The Bertz CT molecular complexity index is 691. The number of rotatable bonds is 13. The summed E-state index contributed by atoms with van der Waals surface area (Å²) in [6, 6.07) is 8.05. The summed E-state index contributed by atoms with van der Waals surface area (Å²) in [5, 5.41) is 5.29. The predicted molar refractivity (Wildman–Crippen MR) is 114 cm³/mol. The van der Waals surface area contributed by atoms with Gasteiger partial charge in [-0.2, -0.15) is 0 Å². The number of esters is 1. The summed E-state index contributed by atoms with van der Waals surface area (Å²) in [5.41, 5.74) is 6.77. The van der Waals surface area contributed by atoms with Gasteiger partial charge in [-0.25, -0.2) is 4.79 Å². The van der Waals surface area contributed by atoms with Gasteiger partial charge in [0.05, 0.1) is 26.4 Å². The van der Waals surface area contributed by atoms with E-state index in [4.69, 9.17) is 15.2 Å². The van der Waals surface area contributed by atoms with Crippen molar-refractivity contribution in [2.45, 2.75) is 45.4 Å². The van der Waals surface area contributed by atoms with Gasteiger partial charge in [0.25, 0.3) is 0 Å². The number of hydrogen-bond acceptors (Lipinski definition) is 6. The number of methoxy groups -OCH3 is 1. The summed E-state index contributed by atoms with van der Waals surface area (Å²) in [7, 11) is 1.25. The molecule has 2 atom stereocenters. The maximum absolute atomic E-state index is 12.1. The molecule has 166 valence electrons. The second-order valence-corrected chi connectivity index (χ2v) is 7.30. The largest absolute Gasteiger partial charge is 0.467 e. The normalized spacial score (nSPS) is 13.1. The Morgan fingerprint density at radius 2 is 1.87 bits per heavy atom. The lowest BCUT2D eigenvalue weighted by atomic mass is 10.0. The van der Waals surface area contributed by atoms with Crippen molar-refractivity contribution in [3.8, 4) is 0 Å². The van der Waals surface area contributed by atoms with Crippen LogP contribution in [0.15, 0.2) is 42.5 Å². The van der Waals surface area contributed by atoms with Crippen molar-refractivity contribution in [2.75, 3.05) is 20.3 Å². The highest BCUT2D eigenvalue weighted by molar-refractivity contribution is 5.91. The SMILES string of the molecule is COC(=O)[C@H](COCc1ccccc1)NC(=O)/C=C/CCNC(=O)[C@@H](N)CC(C)C. The van der Waals surface area contributed by atoms with Crippen LogP contribution in [0.5, 0.6) is 0 Å². The number of carbonyl (C=O) groups excluding carboxylic acids is 3. The second-order valence-electron chi connectivity index (χ2n) is 7.30. The van der Waals surface area contributed by atoms with Crippen LogP contribution in [0, 0.1) is 5.92 Å². The molecule has 4 N–H and O–H groups in total. The van der Waals surface area contributed by atoms with E-state index >= 15 is 0 Å². The van der Waals surface area contributed by atoms with Crippen LogP contribution in [-0.4, -0.2) is 50.1 Å². The fourth-order valence-corrected chi connectivity index (χ4v) is 2.61. The molecular formula is C22H33N3O5. The Morgan fingerprint density at radius 3 is 2.50 bits per heavy atom. The molecule has 1 aromatic rings. The van der Waals surface area contributed by atoms with Gasteiger partial charge < -0.3 is 25.8 Å². The van der Waals surface area contributed by atoms with E-state index in [0.717, 1.165) is 5.56 Å². The molecular weight excluding hydrogens is 386 g/mol. The zero-order valence-electron chi connectivity index (χ0n) is 17.9. The first kappa shape index (κ1) is 25.3. The van der Waals surface area contributed by atoms with Crippen LogP contribution in [0.1, 0.15) is 32.3 Å². The highest BCUT2D eigenvalue weighted by atomic mass is 16.5. The zero-order valence-corrected chi connectivity index (χ0v) is 17.9. The molecule has 8 nitrogen and oxygen atoms in total. The maximum atomic E-state index is 12.1. The lowest BCUT2D eigenvalue weighted by Crippen LogP contribution is -2.44. The van der Waals surface area contributed by atoms with E-state index in [1.807, 2.05) is 44.2 Å². The highest BCUT2D eigenvalue weighted by Crippen LogP contribution is 2.03. The lowest BCUT2D eigenvalue weighted by molar-refractivity contribution is -0.146. The van der Waals surface area contributed by atoms with Gasteiger partial charge >= 0.3 is 5.97 Å². The first-order valence-electron chi connectivity index (χ1n) is 10.0. The van der Waals surface area contributed by atoms with Crippen molar-refractivity contribution in [1.29, 1.82) is 0 Å². The summed E-state index contributed by atoms with van der Waals surface area (Å²) < 4.78 is 10.2. The Labute approximate surface area is 178 Å². The molecule has 0 saturated heterocycles. The van der Waals surface area contributed by atoms with Crippen LogP contribution in [0.3, 0.4) is 0 Å². The second kappa shape index (κ2) is 14.3. The van der Waals surface area contributed by atoms with Gasteiger partial charge in [0.2, 0.25) is 11.8 Å². The van der Waals surface area contributed by atoms with Crippen LogP contribution >= 0.6 is 0 Å². The van der Waals surface area contributed by atoms with E-state index in [1.165, 1.54) is 13.2 Å². The average Bonchev–Trinajstić information content (AvgIpc) is 2.72. The van der Waals surface area contributed by atoms with E-state index in [9.17, 15) is 14.4 Å². The standard InChI is InChI=1S/C22H33N3O5/c1-16(2)13-18(23)21(27)24-12-8-7-11-20(26)25-19(22(28)29-3)15-30-14-17-9-5-4-6-10-17/h4-7,9-11,16,18-19H,8,12-15,23H2,1-3H3,(H,24,27)(H,25,26)/b11-7+/t18-,19-/m0/s1. The number of nitrogens with two attached hydrogens (primary N) is 1. The molecule has 8 heteroatoms. The van der Waals surface area contributed by atoms with Crippen LogP contribution < -0.4 is 16.4 Å². The van der Waals surface area contributed by atoms with Gasteiger partial charge in [-0.05, 0) is 30.4 Å². The lowest BCUT2D eigenvalue weighted by Gasteiger charge is -2.16. The van der Waals surface area contributed by atoms with E-state index in [0.29, 0.717) is 31.9 Å². The summed E-state index contributed by atoms with van der Waals surface area (Å²) >= 11 is 0. The number of carbonyl (C=O) groups is 3. The van der Waals surface area contributed by atoms with Crippen LogP contribution in [0.2, 0.25) is 0 Å². The van der Waals surface area contributed by atoms with Crippen molar-refractivity contribution in [3.63, 3.8) is 0 Å². The van der Waals surface area contributed by atoms with E-state index in [2.05, 4.69) is 10.6 Å². The Balaban J connectivity index is 2.36. The minimum atomic E-state index is -0.912. The maximum Gasteiger partial charge on any atom is 0.330 e. The predicted octanol–water partition coefficient (Wildman–Crippen LogP) is 1.30. The molecule has 0 bridgehead atoms. The van der Waals surface area contributed by atoms with E-state index < -0.39 is 24.0 Å². The van der Waals surface area contributed by atoms with Crippen LogP contribution in [0.25, 0.3) is 0 Å². The molecule has 0 aliphatic carbocycles. The van der Waals surface area contributed by atoms with Crippen molar-refractivity contribution in [1.82, 2.24) is 10.6 Å². The number of ether oxygens (including phenoxy) is 2. The summed E-state index contributed by atoms with van der Waals surface area (Å²) in [6.07, 6.45) is 4.00. The molecule has 0 heterocycles. The Morgan fingerprint density at radius 1 is 1.17 bits per heavy atom. The average molecular weight is 420 g/mol. The number of benzene rings is 1. The molecule has 2 amide bonds. The third-order valence-corrected chi connectivity index (χ3v) is 4.14. The van der Waals surface area contributed by atoms with E-state index in [1.54, 1.807) is 6.08 Å². The number of nitrogens with one attached hydrogen (secondary N) is 2. The summed E-state index contributed by atoms with van der Waals surface area (Å²) in [4.78, 5) is 35.8. The third kappa shape index (κ3) is 10.7. The number of hydrogen-bond donors (Lipinski definition) is 3. The van der Waals surface area contributed by atoms with Gasteiger partial charge in [-0.3, -0.25) is 9.59 Å². The molecule has 30 heavy (non-hydrogen) atoms. The molecule has 1 aromatic carbocycles. The first-order valence-corrected chi connectivity index (χ1v) is 10.0. The van der Waals surface area contributed by atoms with Gasteiger partial charge in [-0.1, -0.05) is 50.3 Å². The fourth-order valence-electron chi connectivity index (χ4n) is 2.61. The Hall–Kier alpha value is -2.71. The van der Waals surface area contributed by atoms with Crippen molar-refractivity contribution >= 4 is 17.8 Å². The smallest absolute Gasteiger partial charge is 0.330 e. The molecule has 1 rings (SSSR count). The van der Waals surface area contributed by atoms with Crippen LogP contribution in [0.4, 0.5) is 0 Å². The molecule has 0 radical (unpaired) electrons. The quantitative estimate of drug-likeness (QED) is 0.252. The van der Waals surface area contributed by atoms with E-state index in [-0.39, 0.29) is 12.5 Å². The molecule has 0 aliphatic rings. The minimum absolute atomic E-state index is 0.00898. The van der Waals surface area contributed by atoms with Crippen molar-refractivity contribution < 1.29 is 23.9 Å².